The third kappa shape index (κ3) is 5.81. The number of ether oxygens (including phenoxy) is 1. The molecule has 3 nitrogen and oxygen atoms in total. The first-order valence-electron chi connectivity index (χ1n) is 10.9. The molecule has 0 aliphatic carbocycles. The average molecular weight is 389 g/mol. The summed E-state index contributed by atoms with van der Waals surface area (Å²) in [5.74, 6) is 0.971. The van der Waals surface area contributed by atoms with Crippen molar-refractivity contribution in [3.63, 3.8) is 0 Å². The molecule has 3 heteroatoms. The molecular weight excluding hydrogens is 356 g/mol. The number of rotatable bonds is 9. The fourth-order valence-corrected chi connectivity index (χ4v) is 4.17. The van der Waals surface area contributed by atoms with Crippen LogP contribution in [0.15, 0.2) is 66.7 Å². The average Bonchev–Trinajstić information content (AvgIpc) is 3.16. The third-order valence-electron chi connectivity index (χ3n) is 5.81. The molecule has 0 amide bonds. The summed E-state index contributed by atoms with van der Waals surface area (Å²) in [6.45, 7) is 3.89. The zero-order chi connectivity index (χ0) is 19.9. The Bertz CT molecular complexity index is 909. The van der Waals surface area contributed by atoms with Crippen LogP contribution in [0.1, 0.15) is 36.8 Å². The molecule has 152 valence electrons. The Morgan fingerprint density at radius 1 is 0.862 bits per heavy atom. The maximum atomic E-state index is 6.02. The molecule has 1 aliphatic heterocycles. The largest absolute Gasteiger partial charge is 0.494 e. The summed E-state index contributed by atoms with van der Waals surface area (Å²) in [6.07, 6.45) is 5.78. The molecule has 2 N–H and O–H groups in total. The van der Waals surface area contributed by atoms with Crippen LogP contribution in [0.25, 0.3) is 10.8 Å². The standard InChI is InChI=1S/C26H32N2O/c27-25-14-15-28(20-25)19-22-10-11-24-18-26(13-12-23(24)17-22)29-16-6-2-5-9-21-7-3-1-4-8-21/h1,3-4,7-8,10-13,17-18,25H,2,5-6,9,14-16,19-20,27H2/t25-/m0/s1. The van der Waals surface area contributed by atoms with E-state index >= 15 is 0 Å². The quantitative estimate of drug-likeness (QED) is 0.514. The van der Waals surface area contributed by atoms with Crippen LogP contribution in [-0.2, 0) is 13.0 Å². The van der Waals surface area contributed by atoms with E-state index in [0.29, 0.717) is 6.04 Å². The van der Waals surface area contributed by atoms with Gasteiger partial charge < -0.3 is 10.5 Å². The van der Waals surface area contributed by atoms with Crippen LogP contribution in [0.2, 0.25) is 0 Å². The zero-order valence-electron chi connectivity index (χ0n) is 17.2. The zero-order valence-corrected chi connectivity index (χ0v) is 17.2. The molecule has 0 radical (unpaired) electrons. The van der Waals surface area contributed by atoms with Crippen molar-refractivity contribution in [3.8, 4) is 5.75 Å². The monoisotopic (exact) mass is 388 g/mol. The highest BCUT2D eigenvalue weighted by atomic mass is 16.5. The maximum absolute atomic E-state index is 6.02. The summed E-state index contributed by atoms with van der Waals surface area (Å²) < 4.78 is 5.99. The molecule has 1 saturated heterocycles. The highest BCUT2D eigenvalue weighted by Crippen LogP contribution is 2.23. The van der Waals surface area contributed by atoms with Gasteiger partial charge in [-0.15, -0.1) is 0 Å². The second-order valence-electron chi connectivity index (χ2n) is 8.27. The van der Waals surface area contributed by atoms with Crippen LogP contribution >= 0.6 is 0 Å². The van der Waals surface area contributed by atoms with Crippen LogP contribution < -0.4 is 10.5 Å². The highest BCUT2D eigenvalue weighted by Gasteiger charge is 2.18. The molecular formula is C26H32N2O. The van der Waals surface area contributed by atoms with Crippen molar-refractivity contribution in [2.75, 3.05) is 19.7 Å². The lowest BCUT2D eigenvalue weighted by Crippen LogP contribution is -2.26. The molecule has 3 aromatic rings. The van der Waals surface area contributed by atoms with Crippen LogP contribution in [0.4, 0.5) is 0 Å². The van der Waals surface area contributed by atoms with Crippen molar-refractivity contribution >= 4 is 10.8 Å². The molecule has 1 heterocycles. The van der Waals surface area contributed by atoms with Gasteiger partial charge >= 0.3 is 0 Å². The van der Waals surface area contributed by atoms with Gasteiger partial charge in [-0.05, 0) is 72.2 Å². The second-order valence-corrected chi connectivity index (χ2v) is 8.27. The van der Waals surface area contributed by atoms with Gasteiger partial charge in [-0.25, -0.2) is 0 Å². The number of unbranched alkanes of at least 4 members (excludes halogenated alkanes) is 2. The number of aryl methyl sites for hydroxylation is 1. The topological polar surface area (TPSA) is 38.5 Å². The Balaban J connectivity index is 1.23. The van der Waals surface area contributed by atoms with Crippen molar-refractivity contribution in [2.45, 2.75) is 44.7 Å². The Morgan fingerprint density at radius 3 is 2.52 bits per heavy atom. The van der Waals surface area contributed by atoms with Crippen molar-refractivity contribution in [1.82, 2.24) is 4.90 Å². The Labute approximate surface area is 174 Å². The van der Waals surface area contributed by atoms with E-state index in [4.69, 9.17) is 10.5 Å². The number of hydrogen-bond donors (Lipinski definition) is 1. The predicted molar refractivity (Wildman–Crippen MR) is 121 cm³/mol. The van der Waals surface area contributed by atoms with Gasteiger partial charge in [-0.1, -0.05) is 48.5 Å². The molecule has 4 rings (SSSR count). The number of nitrogens with zero attached hydrogens (tertiary/aromatic N) is 1. The number of likely N-dealkylation sites (tertiary alicyclic amines) is 1. The number of fused-ring (bicyclic) bond motifs is 1. The van der Waals surface area contributed by atoms with E-state index in [0.717, 1.165) is 51.3 Å². The van der Waals surface area contributed by atoms with E-state index in [1.54, 1.807) is 0 Å². The number of benzene rings is 3. The molecule has 0 bridgehead atoms. The van der Waals surface area contributed by atoms with Gasteiger partial charge in [0.2, 0.25) is 0 Å². The van der Waals surface area contributed by atoms with E-state index in [2.05, 4.69) is 71.6 Å². The van der Waals surface area contributed by atoms with E-state index < -0.39 is 0 Å². The minimum absolute atomic E-state index is 0.341. The van der Waals surface area contributed by atoms with Crippen LogP contribution in [0.5, 0.6) is 5.75 Å². The van der Waals surface area contributed by atoms with Crippen molar-refractivity contribution in [2.24, 2.45) is 5.73 Å². The number of nitrogens with two attached hydrogens (primary N) is 1. The molecule has 0 spiro atoms. The van der Waals surface area contributed by atoms with Gasteiger partial charge in [0.05, 0.1) is 6.61 Å². The highest BCUT2D eigenvalue weighted by molar-refractivity contribution is 5.84. The first-order valence-corrected chi connectivity index (χ1v) is 10.9. The molecule has 1 fully saturated rings. The first-order chi connectivity index (χ1) is 14.3. The summed E-state index contributed by atoms with van der Waals surface area (Å²) in [5, 5.41) is 2.52. The van der Waals surface area contributed by atoms with E-state index in [-0.39, 0.29) is 0 Å². The third-order valence-corrected chi connectivity index (χ3v) is 5.81. The van der Waals surface area contributed by atoms with Gasteiger partial charge in [0.15, 0.2) is 0 Å². The van der Waals surface area contributed by atoms with E-state index in [1.807, 2.05) is 0 Å². The predicted octanol–water partition coefficient (Wildman–Crippen LogP) is 5.16. The van der Waals surface area contributed by atoms with E-state index in [9.17, 15) is 0 Å². The summed E-state index contributed by atoms with van der Waals surface area (Å²) in [7, 11) is 0. The molecule has 3 aromatic carbocycles. The van der Waals surface area contributed by atoms with Gasteiger partial charge in [0, 0.05) is 25.7 Å². The van der Waals surface area contributed by atoms with Crippen LogP contribution in [0, 0.1) is 0 Å². The SMILES string of the molecule is N[C@H]1CCN(Cc2ccc3cc(OCCCCCc4ccccc4)ccc3c2)C1. The number of hydrogen-bond acceptors (Lipinski definition) is 3. The Morgan fingerprint density at radius 2 is 1.69 bits per heavy atom. The lowest BCUT2D eigenvalue weighted by atomic mass is 10.1. The minimum atomic E-state index is 0.341. The maximum Gasteiger partial charge on any atom is 0.119 e. The Hall–Kier alpha value is -2.36. The normalized spacial score (nSPS) is 17.1. The van der Waals surface area contributed by atoms with Gasteiger partial charge in [0.1, 0.15) is 5.75 Å². The van der Waals surface area contributed by atoms with Crippen molar-refractivity contribution < 1.29 is 4.74 Å². The summed E-state index contributed by atoms with van der Waals surface area (Å²) in [4.78, 5) is 2.45. The molecule has 29 heavy (non-hydrogen) atoms. The van der Waals surface area contributed by atoms with Crippen molar-refractivity contribution in [3.05, 3.63) is 77.9 Å². The summed E-state index contributed by atoms with van der Waals surface area (Å²) >= 11 is 0. The van der Waals surface area contributed by atoms with Crippen LogP contribution in [0.3, 0.4) is 0 Å². The summed E-state index contributed by atoms with van der Waals surface area (Å²) in [5.41, 5.74) is 8.81. The smallest absolute Gasteiger partial charge is 0.119 e. The molecule has 0 unspecified atom stereocenters. The second kappa shape index (κ2) is 9.91. The summed E-state index contributed by atoms with van der Waals surface area (Å²) in [6, 6.07) is 24.2. The lowest BCUT2D eigenvalue weighted by Gasteiger charge is -2.15. The van der Waals surface area contributed by atoms with Crippen molar-refractivity contribution in [1.29, 1.82) is 0 Å². The Kier molecular flexibility index (Phi) is 6.81. The van der Waals surface area contributed by atoms with Gasteiger partial charge in [-0.2, -0.15) is 0 Å². The lowest BCUT2D eigenvalue weighted by molar-refractivity contribution is 0.305. The first kappa shape index (κ1) is 19.9. The minimum Gasteiger partial charge on any atom is -0.494 e. The molecule has 0 aromatic heterocycles. The molecule has 1 aliphatic rings. The van der Waals surface area contributed by atoms with E-state index in [1.165, 1.54) is 34.7 Å². The van der Waals surface area contributed by atoms with Gasteiger partial charge in [0.25, 0.3) is 0 Å². The fraction of sp³-hybridized carbons (Fsp3) is 0.385. The molecule has 0 saturated carbocycles. The van der Waals surface area contributed by atoms with Gasteiger partial charge in [-0.3, -0.25) is 4.90 Å². The van der Waals surface area contributed by atoms with Crippen LogP contribution in [-0.4, -0.2) is 30.6 Å². The molecule has 1 atom stereocenters. The fourth-order valence-electron chi connectivity index (χ4n) is 4.17.